The fourth-order valence-electron chi connectivity index (χ4n) is 2.88. The number of hydrogen-bond acceptors (Lipinski definition) is 4. The van der Waals surface area contributed by atoms with Crippen molar-refractivity contribution in [1.29, 1.82) is 0 Å². The summed E-state index contributed by atoms with van der Waals surface area (Å²) >= 11 is 0. The molecule has 0 bridgehead atoms. The van der Waals surface area contributed by atoms with E-state index in [0.717, 1.165) is 16.5 Å². The van der Waals surface area contributed by atoms with Crippen molar-refractivity contribution in [1.82, 2.24) is 0 Å². The Bertz CT molecular complexity index is 903. The summed E-state index contributed by atoms with van der Waals surface area (Å²) in [6, 6.07) is 15.0. The van der Waals surface area contributed by atoms with Gasteiger partial charge in [-0.2, -0.15) is 0 Å². The molecule has 0 saturated carbocycles. The van der Waals surface area contributed by atoms with E-state index in [2.05, 4.69) is 4.74 Å². The number of furan rings is 1. The highest BCUT2D eigenvalue weighted by Gasteiger charge is 2.21. The molecule has 3 rings (SSSR count). The molecule has 0 aliphatic heterocycles. The van der Waals surface area contributed by atoms with Crippen LogP contribution in [-0.2, 0) is 16.0 Å². The van der Waals surface area contributed by atoms with E-state index in [0.29, 0.717) is 36.2 Å². The Hall–Kier alpha value is -2.88. The minimum Gasteiger partial charge on any atom is -0.469 e. The van der Waals surface area contributed by atoms with E-state index >= 15 is 0 Å². The third-order valence-corrected chi connectivity index (χ3v) is 4.25. The second-order valence-corrected chi connectivity index (χ2v) is 6.03. The third kappa shape index (κ3) is 3.63. The van der Waals surface area contributed by atoms with Crippen molar-refractivity contribution in [2.45, 2.75) is 26.2 Å². The number of carbonyl (C=O) groups is 2. The molecule has 0 aliphatic rings. The number of carbonyl (C=O) groups excluding carboxylic acids is 2. The van der Waals surface area contributed by atoms with Crippen molar-refractivity contribution >= 4 is 22.7 Å². The average molecular weight is 336 g/mol. The number of aryl methyl sites for hydroxylation is 2. The van der Waals surface area contributed by atoms with E-state index in [4.69, 9.17) is 4.42 Å². The minimum atomic E-state index is -0.251. The Kier molecular flexibility index (Phi) is 4.98. The largest absolute Gasteiger partial charge is 0.469 e. The Morgan fingerprint density at radius 3 is 2.48 bits per heavy atom. The first kappa shape index (κ1) is 17.0. The molecule has 0 fully saturated rings. The molecule has 0 spiro atoms. The van der Waals surface area contributed by atoms with Crippen LogP contribution in [0.3, 0.4) is 0 Å². The normalized spacial score (nSPS) is 10.8. The van der Waals surface area contributed by atoms with Gasteiger partial charge in [0.1, 0.15) is 5.58 Å². The first-order chi connectivity index (χ1) is 12.1. The van der Waals surface area contributed by atoms with Gasteiger partial charge in [0.25, 0.3) is 0 Å². The van der Waals surface area contributed by atoms with E-state index in [-0.39, 0.29) is 11.8 Å². The molecule has 3 aromatic rings. The van der Waals surface area contributed by atoms with Gasteiger partial charge >= 0.3 is 5.97 Å². The molecule has 0 N–H and O–H groups in total. The van der Waals surface area contributed by atoms with Gasteiger partial charge in [0.15, 0.2) is 5.76 Å². The summed E-state index contributed by atoms with van der Waals surface area (Å²) in [5.74, 6) is -0.0293. The molecule has 1 aromatic heterocycles. The van der Waals surface area contributed by atoms with Gasteiger partial charge < -0.3 is 9.15 Å². The zero-order valence-electron chi connectivity index (χ0n) is 14.4. The first-order valence-corrected chi connectivity index (χ1v) is 8.28. The molecule has 0 unspecified atom stereocenters. The lowest BCUT2D eigenvalue weighted by molar-refractivity contribution is -0.140. The Balaban J connectivity index is 1.95. The van der Waals surface area contributed by atoms with Gasteiger partial charge in [0.05, 0.1) is 7.11 Å². The van der Waals surface area contributed by atoms with Crippen LogP contribution >= 0.6 is 0 Å². The fourth-order valence-corrected chi connectivity index (χ4v) is 2.88. The van der Waals surface area contributed by atoms with Crippen LogP contribution < -0.4 is 0 Å². The maximum Gasteiger partial charge on any atom is 0.305 e. The summed E-state index contributed by atoms with van der Waals surface area (Å²) in [4.78, 5) is 24.3. The standard InChI is InChI=1S/C21H20O4/c1-14-10-12-15(13-11-14)20(23)21-17(7-5-9-19(22)24-2)16-6-3-4-8-18(16)25-21/h3-4,6,8,10-13H,5,7,9H2,1-2H3. The zero-order valence-corrected chi connectivity index (χ0v) is 14.4. The number of rotatable bonds is 6. The van der Waals surface area contributed by atoms with Crippen LogP contribution in [0.2, 0.25) is 0 Å². The highest BCUT2D eigenvalue weighted by atomic mass is 16.5. The lowest BCUT2D eigenvalue weighted by Gasteiger charge is -2.04. The molecule has 4 nitrogen and oxygen atoms in total. The van der Waals surface area contributed by atoms with Gasteiger partial charge in [-0.05, 0) is 25.8 Å². The lowest BCUT2D eigenvalue weighted by Crippen LogP contribution is -2.05. The Labute approximate surface area is 146 Å². The molecule has 1 heterocycles. The van der Waals surface area contributed by atoms with Gasteiger partial charge in [-0.3, -0.25) is 9.59 Å². The Morgan fingerprint density at radius 2 is 1.76 bits per heavy atom. The number of para-hydroxylation sites is 1. The van der Waals surface area contributed by atoms with Crippen molar-refractivity contribution in [3.05, 3.63) is 71.0 Å². The highest BCUT2D eigenvalue weighted by Crippen LogP contribution is 2.29. The zero-order chi connectivity index (χ0) is 17.8. The number of ketones is 1. The predicted molar refractivity (Wildman–Crippen MR) is 95.8 cm³/mol. The molecular weight excluding hydrogens is 316 g/mol. The number of esters is 1. The van der Waals surface area contributed by atoms with Crippen LogP contribution in [-0.4, -0.2) is 18.9 Å². The van der Waals surface area contributed by atoms with E-state index < -0.39 is 0 Å². The molecule has 0 aliphatic carbocycles. The van der Waals surface area contributed by atoms with Crippen molar-refractivity contribution < 1.29 is 18.7 Å². The van der Waals surface area contributed by atoms with Crippen molar-refractivity contribution in [3.63, 3.8) is 0 Å². The summed E-state index contributed by atoms with van der Waals surface area (Å²) in [5, 5.41) is 0.919. The van der Waals surface area contributed by atoms with Gasteiger partial charge in [-0.1, -0.05) is 48.0 Å². The summed E-state index contributed by atoms with van der Waals surface area (Å²) in [7, 11) is 1.38. The maximum atomic E-state index is 12.9. The third-order valence-electron chi connectivity index (χ3n) is 4.25. The number of methoxy groups -OCH3 is 1. The number of fused-ring (bicyclic) bond motifs is 1. The topological polar surface area (TPSA) is 56.5 Å². The number of benzene rings is 2. The predicted octanol–water partition coefficient (Wildman–Crippen LogP) is 4.47. The molecular formula is C21H20O4. The van der Waals surface area contributed by atoms with Gasteiger partial charge in [0, 0.05) is 22.9 Å². The van der Waals surface area contributed by atoms with E-state index in [9.17, 15) is 9.59 Å². The number of hydrogen-bond donors (Lipinski definition) is 0. The maximum absolute atomic E-state index is 12.9. The Morgan fingerprint density at radius 1 is 1.04 bits per heavy atom. The molecule has 128 valence electrons. The average Bonchev–Trinajstić information content (AvgIpc) is 3.00. The van der Waals surface area contributed by atoms with Crippen molar-refractivity contribution in [2.24, 2.45) is 0 Å². The molecule has 0 atom stereocenters. The van der Waals surface area contributed by atoms with Crippen LogP contribution in [0.15, 0.2) is 52.9 Å². The van der Waals surface area contributed by atoms with Crippen LogP contribution in [0.4, 0.5) is 0 Å². The second-order valence-electron chi connectivity index (χ2n) is 6.03. The second kappa shape index (κ2) is 7.34. The molecule has 0 saturated heterocycles. The summed E-state index contributed by atoms with van der Waals surface area (Å²) < 4.78 is 10.5. The van der Waals surface area contributed by atoms with E-state index in [1.54, 1.807) is 0 Å². The highest BCUT2D eigenvalue weighted by molar-refractivity contribution is 6.10. The minimum absolute atomic E-state index is 0.135. The first-order valence-electron chi connectivity index (χ1n) is 8.28. The fraction of sp³-hybridized carbons (Fsp3) is 0.238. The van der Waals surface area contributed by atoms with Crippen LogP contribution in [0.5, 0.6) is 0 Å². The van der Waals surface area contributed by atoms with E-state index in [1.165, 1.54) is 7.11 Å². The SMILES string of the molecule is COC(=O)CCCc1c(C(=O)c2ccc(C)cc2)oc2ccccc12. The van der Waals surface area contributed by atoms with Gasteiger partial charge in [-0.25, -0.2) is 0 Å². The summed E-state index contributed by atoms with van der Waals surface area (Å²) in [5.41, 5.74) is 3.23. The van der Waals surface area contributed by atoms with Gasteiger partial charge in [-0.15, -0.1) is 0 Å². The molecule has 2 aromatic carbocycles. The quantitative estimate of drug-likeness (QED) is 0.492. The monoisotopic (exact) mass is 336 g/mol. The molecule has 0 amide bonds. The molecule has 25 heavy (non-hydrogen) atoms. The summed E-state index contributed by atoms with van der Waals surface area (Å²) in [6.07, 6.45) is 1.50. The van der Waals surface area contributed by atoms with Crippen LogP contribution in [0.25, 0.3) is 11.0 Å². The van der Waals surface area contributed by atoms with Crippen molar-refractivity contribution in [3.8, 4) is 0 Å². The summed E-state index contributed by atoms with van der Waals surface area (Å²) in [6.45, 7) is 1.98. The van der Waals surface area contributed by atoms with Gasteiger partial charge in [0.2, 0.25) is 5.78 Å². The van der Waals surface area contributed by atoms with E-state index in [1.807, 2.05) is 55.5 Å². The lowest BCUT2D eigenvalue weighted by atomic mass is 9.99. The van der Waals surface area contributed by atoms with Crippen LogP contribution in [0, 0.1) is 6.92 Å². The molecule has 4 heteroatoms. The van der Waals surface area contributed by atoms with Crippen molar-refractivity contribution in [2.75, 3.05) is 7.11 Å². The smallest absolute Gasteiger partial charge is 0.305 e. The van der Waals surface area contributed by atoms with Crippen LogP contribution in [0.1, 0.15) is 40.1 Å². The number of ether oxygens (including phenoxy) is 1. The molecule has 0 radical (unpaired) electrons.